The van der Waals surface area contributed by atoms with Crippen molar-refractivity contribution >= 4 is 23.6 Å². The Hall–Kier alpha value is -3.94. The zero-order chi connectivity index (χ0) is 28.3. The van der Waals surface area contributed by atoms with Crippen molar-refractivity contribution in [3.05, 3.63) is 85.3 Å². The third kappa shape index (κ3) is 11.1. The molecule has 0 fully saturated rings. The quantitative estimate of drug-likeness (QED) is 0.149. The van der Waals surface area contributed by atoms with Crippen LogP contribution in [0.2, 0.25) is 0 Å². The highest BCUT2D eigenvalue weighted by Gasteiger charge is 2.18. The monoisotopic (exact) mass is 538 g/mol. The number of ether oxygens (including phenoxy) is 4. The van der Waals surface area contributed by atoms with Crippen LogP contribution < -0.4 is 9.80 Å². The highest BCUT2D eigenvalue weighted by atomic mass is 16.6. The predicted octanol–water partition coefficient (Wildman–Crippen LogP) is 7.08. The van der Waals surface area contributed by atoms with Crippen LogP contribution >= 0.6 is 0 Å². The number of anilines is 2. The number of amides is 2. The van der Waals surface area contributed by atoms with E-state index in [4.69, 9.17) is 18.9 Å². The fourth-order valence-corrected chi connectivity index (χ4v) is 3.95. The molecule has 0 atom stereocenters. The smallest absolute Gasteiger partial charge is 0.414 e. The third-order valence-corrected chi connectivity index (χ3v) is 5.90. The fraction of sp³-hybridized carbons (Fsp3) is 0.419. The molecule has 0 heterocycles. The normalized spacial score (nSPS) is 10.3. The summed E-state index contributed by atoms with van der Waals surface area (Å²) < 4.78 is 20.9. The van der Waals surface area contributed by atoms with E-state index in [9.17, 15) is 9.59 Å². The van der Waals surface area contributed by atoms with E-state index in [0.29, 0.717) is 39.5 Å². The lowest BCUT2D eigenvalue weighted by Gasteiger charge is -2.22. The van der Waals surface area contributed by atoms with E-state index in [1.807, 2.05) is 48.5 Å². The predicted molar refractivity (Wildman–Crippen MR) is 155 cm³/mol. The zero-order valence-electron chi connectivity index (χ0n) is 23.3. The van der Waals surface area contributed by atoms with E-state index < -0.39 is 0 Å². The van der Waals surface area contributed by atoms with Crippen molar-refractivity contribution in [1.82, 2.24) is 0 Å². The molecule has 0 aromatic heterocycles. The highest BCUT2D eigenvalue weighted by Crippen LogP contribution is 2.22. The number of rotatable bonds is 18. The van der Waals surface area contributed by atoms with Crippen molar-refractivity contribution < 1.29 is 28.5 Å². The van der Waals surface area contributed by atoms with Gasteiger partial charge in [-0.15, -0.1) is 0 Å². The van der Waals surface area contributed by atoms with Gasteiger partial charge in [0.15, 0.2) is 0 Å². The Kier molecular flexibility index (Phi) is 14.7. The molecule has 8 nitrogen and oxygen atoms in total. The Morgan fingerprint density at radius 3 is 1.38 bits per heavy atom. The molecule has 0 aliphatic rings. The topological polar surface area (TPSA) is 77.5 Å². The number of nitrogens with zero attached hydrogens (tertiary/aromatic N) is 2. The van der Waals surface area contributed by atoms with Crippen LogP contribution in [0.3, 0.4) is 0 Å². The van der Waals surface area contributed by atoms with Gasteiger partial charge in [0.2, 0.25) is 0 Å². The molecule has 0 N–H and O–H groups in total. The molecule has 39 heavy (non-hydrogen) atoms. The maximum absolute atomic E-state index is 12.5. The summed E-state index contributed by atoms with van der Waals surface area (Å²) in [5, 5.41) is 0. The van der Waals surface area contributed by atoms with Crippen LogP contribution in [0.5, 0.6) is 0 Å². The first kappa shape index (κ1) is 31.3. The summed E-state index contributed by atoms with van der Waals surface area (Å²) in [6.45, 7) is 13.5. The van der Waals surface area contributed by atoms with Gasteiger partial charge in [-0.1, -0.05) is 37.4 Å². The minimum Gasteiger partial charge on any atom is -0.502 e. The van der Waals surface area contributed by atoms with Crippen LogP contribution in [0.15, 0.2) is 74.2 Å². The minimum absolute atomic E-state index is 0.320. The van der Waals surface area contributed by atoms with Gasteiger partial charge >= 0.3 is 12.2 Å². The molecular formula is C31H42N2O6. The molecular weight excluding hydrogens is 496 g/mol. The van der Waals surface area contributed by atoms with Crippen molar-refractivity contribution in [2.24, 2.45) is 0 Å². The molecule has 0 saturated heterocycles. The molecule has 8 heteroatoms. The SMILES string of the molecule is C=COCCCCN(C(=O)OCC)c1ccc(Cc2ccc(N(CCCCOC=C)C(=O)OCC)cc2)cc1. The molecule has 0 aliphatic heterocycles. The number of hydrogen-bond donors (Lipinski definition) is 0. The molecule has 212 valence electrons. The molecule has 0 saturated carbocycles. The van der Waals surface area contributed by atoms with Crippen molar-refractivity contribution in [1.29, 1.82) is 0 Å². The van der Waals surface area contributed by atoms with Crippen molar-refractivity contribution in [2.45, 2.75) is 46.0 Å². The lowest BCUT2D eigenvalue weighted by Crippen LogP contribution is -2.32. The van der Waals surface area contributed by atoms with Gasteiger partial charge in [0.05, 0.1) is 39.0 Å². The lowest BCUT2D eigenvalue weighted by atomic mass is 10.0. The molecule has 0 unspecified atom stereocenters. The van der Waals surface area contributed by atoms with Gasteiger partial charge in [-0.3, -0.25) is 9.80 Å². The zero-order valence-corrected chi connectivity index (χ0v) is 23.3. The number of carbonyl (C=O) groups is 2. The first-order valence-electron chi connectivity index (χ1n) is 13.6. The molecule has 2 rings (SSSR count). The summed E-state index contributed by atoms with van der Waals surface area (Å²) in [6.07, 6.45) is 6.05. The first-order chi connectivity index (χ1) is 19.0. The van der Waals surface area contributed by atoms with E-state index in [1.54, 1.807) is 23.6 Å². The van der Waals surface area contributed by atoms with Gasteiger partial charge < -0.3 is 18.9 Å². The van der Waals surface area contributed by atoms with Crippen LogP contribution in [-0.4, -0.2) is 51.7 Å². The molecule has 2 aromatic carbocycles. The van der Waals surface area contributed by atoms with Gasteiger partial charge in [0.25, 0.3) is 0 Å². The molecule has 0 aliphatic carbocycles. The molecule has 2 amide bonds. The van der Waals surface area contributed by atoms with Crippen LogP contribution in [0, 0.1) is 0 Å². The first-order valence-corrected chi connectivity index (χ1v) is 13.6. The maximum Gasteiger partial charge on any atom is 0.414 e. The average molecular weight is 539 g/mol. The second kappa shape index (κ2) is 18.3. The summed E-state index contributed by atoms with van der Waals surface area (Å²) in [7, 11) is 0. The standard InChI is InChI=1S/C31H42N2O6/c1-5-36-23-11-9-21-32(30(34)38-7-3)28-17-13-26(14-18-28)25-27-15-19-29(20-16-27)33(31(35)39-8-4)22-10-12-24-37-6-2/h5-6,13-20H,1-2,7-12,21-25H2,3-4H3. The minimum atomic E-state index is -0.357. The third-order valence-electron chi connectivity index (χ3n) is 5.90. The van der Waals surface area contributed by atoms with Crippen LogP contribution in [0.4, 0.5) is 21.0 Å². The Bertz CT molecular complexity index is 925. The van der Waals surface area contributed by atoms with Gasteiger partial charge in [0, 0.05) is 24.5 Å². The maximum atomic E-state index is 12.5. The Morgan fingerprint density at radius 1 is 0.667 bits per heavy atom. The summed E-state index contributed by atoms with van der Waals surface area (Å²) in [5.41, 5.74) is 3.81. The molecule has 0 radical (unpaired) electrons. The van der Waals surface area contributed by atoms with Gasteiger partial charge in [-0.25, -0.2) is 9.59 Å². The highest BCUT2D eigenvalue weighted by molar-refractivity contribution is 5.88. The molecule has 2 aromatic rings. The summed E-state index contributed by atoms with van der Waals surface area (Å²) in [4.78, 5) is 28.4. The van der Waals surface area contributed by atoms with E-state index >= 15 is 0 Å². The second-order valence-electron chi connectivity index (χ2n) is 8.70. The summed E-state index contributed by atoms with van der Waals surface area (Å²) in [5.74, 6) is 0. The van der Waals surface area contributed by atoms with Crippen LogP contribution in [-0.2, 0) is 25.4 Å². The van der Waals surface area contributed by atoms with Crippen molar-refractivity contribution in [2.75, 3.05) is 49.3 Å². The van der Waals surface area contributed by atoms with E-state index in [2.05, 4.69) is 13.2 Å². The fourth-order valence-electron chi connectivity index (χ4n) is 3.95. The number of unbranched alkanes of at least 4 members (excludes halogenated alkanes) is 2. The van der Waals surface area contributed by atoms with E-state index in [0.717, 1.165) is 54.6 Å². The Labute approximate surface area is 232 Å². The van der Waals surface area contributed by atoms with E-state index in [-0.39, 0.29) is 12.2 Å². The number of hydrogen-bond acceptors (Lipinski definition) is 6. The number of carbonyl (C=O) groups excluding carboxylic acids is 2. The van der Waals surface area contributed by atoms with Crippen LogP contribution in [0.1, 0.15) is 50.7 Å². The van der Waals surface area contributed by atoms with Crippen molar-refractivity contribution in [3.8, 4) is 0 Å². The van der Waals surface area contributed by atoms with Gasteiger partial charge in [-0.2, -0.15) is 0 Å². The van der Waals surface area contributed by atoms with E-state index in [1.165, 1.54) is 12.5 Å². The lowest BCUT2D eigenvalue weighted by molar-refractivity contribution is 0.158. The summed E-state index contributed by atoms with van der Waals surface area (Å²) >= 11 is 0. The molecule has 0 bridgehead atoms. The van der Waals surface area contributed by atoms with Gasteiger partial charge in [-0.05, 0) is 81.3 Å². The van der Waals surface area contributed by atoms with Crippen LogP contribution in [0.25, 0.3) is 0 Å². The molecule has 0 spiro atoms. The largest absolute Gasteiger partial charge is 0.502 e. The summed E-state index contributed by atoms with van der Waals surface area (Å²) in [6, 6.07) is 15.9. The average Bonchev–Trinajstić information content (AvgIpc) is 2.94. The Balaban J connectivity index is 2.04. The number of benzene rings is 2. The Morgan fingerprint density at radius 2 is 1.05 bits per heavy atom. The van der Waals surface area contributed by atoms with Gasteiger partial charge in [0.1, 0.15) is 0 Å². The van der Waals surface area contributed by atoms with Crippen molar-refractivity contribution in [3.63, 3.8) is 0 Å². The second-order valence-corrected chi connectivity index (χ2v) is 8.70.